The Bertz CT molecular complexity index is 3130. The molecule has 58 heavy (non-hydrogen) atoms. The maximum absolute atomic E-state index is 2.43. The van der Waals surface area contributed by atoms with Crippen molar-refractivity contribution >= 4 is 109 Å². The summed E-state index contributed by atoms with van der Waals surface area (Å²) in [6, 6.07) is 63.0. The van der Waals surface area contributed by atoms with Crippen LogP contribution in [0.5, 0.6) is 0 Å². The van der Waals surface area contributed by atoms with Crippen LogP contribution in [-0.4, -0.2) is 7.05 Å². The van der Waals surface area contributed by atoms with Gasteiger partial charge >= 0.3 is 0 Å². The summed E-state index contributed by atoms with van der Waals surface area (Å²) < 4.78 is 5.14. The van der Waals surface area contributed by atoms with Gasteiger partial charge in [0.05, 0.1) is 0 Å². The smallest absolute Gasteiger partial charge is 0.0468 e. The van der Waals surface area contributed by atoms with Gasteiger partial charge in [-0.2, -0.15) is 0 Å². The van der Waals surface area contributed by atoms with E-state index in [1.807, 2.05) is 22.7 Å². The van der Waals surface area contributed by atoms with Gasteiger partial charge in [0.1, 0.15) is 0 Å². The summed E-state index contributed by atoms with van der Waals surface area (Å²) in [5.74, 6) is 0. The van der Waals surface area contributed by atoms with Gasteiger partial charge in [0.25, 0.3) is 0 Å². The van der Waals surface area contributed by atoms with Crippen LogP contribution in [0.3, 0.4) is 0 Å². The molecule has 0 N–H and O–H groups in total. The molecular weight excluding hydrogens is 743 g/mol. The highest BCUT2D eigenvalue weighted by atomic mass is 32.1. The summed E-state index contributed by atoms with van der Waals surface area (Å²) >= 11 is 3.72. The number of rotatable bonds is 8. The van der Waals surface area contributed by atoms with Gasteiger partial charge in [0, 0.05) is 92.9 Å². The van der Waals surface area contributed by atoms with Crippen LogP contribution < -0.4 is 14.7 Å². The number of thiophene rings is 2. The van der Waals surface area contributed by atoms with E-state index in [1.54, 1.807) is 0 Å². The van der Waals surface area contributed by atoms with Crippen molar-refractivity contribution in [2.24, 2.45) is 0 Å². The Morgan fingerprint density at radius 1 is 0.293 bits per heavy atom. The molecule has 0 atom stereocenters. The van der Waals surface area contributed by atoms with Crippen LogP contribution >= 0.6 is 22.7 Å². The van der Waals surface area contributed by atoms with Crippen LogP contribution in [0.2, 0.25) is 0 Å². The molecule has 0 bridgehead atoms. The zero-order chi connectivity index (χ0) is 39.5. The first-order chi connectivity index (χ1) is 28.3. The van der Waals surface area contributed by atoms with E-state index in [2.05, 4.69) is 219 Å². The summed E-state index contributed by atoms with van der Waals surface area (Å²) in [6.45, 7) is 8.65. The van der Waals surface area contributed by atoms with Gasteiger partial charge in [0.15, 0.2) is 0 Å². The van der Waals surface area contributed by atoms with E-state index in [4.69, 9.17) is 0 Å². The predicted molar refractivity (Wildman–Crippen MR) is 255 cm³/mol. The van der Waals surface area contributed by atoms with E-state index in [0.717, 1.165) is 34.1 Å². The normalized spacial score (nSPS) is 11.5. The van der Waals surface area contributed by atoms with Crippen molar-refractivity contribution in [2.45, 2.75) is 27.7 Å². The Hall–Kier alpha value is -6.40. The molecule has 10 rings (SSSR count). The Labute approximate surface area is 348 Å². The molecule has 0 saturated carbocycles. The highest BCUT2D eigenvalue weighted by molar-refractivity contribution is 7.26. The molecule has 8 aromatic carbocycles. The van der Waals surface area contributed by atoms with E-state index < -0.39 is 0 Å². The second kappa shape index (κ2) is 14.5. The summed E-state index contributed by atoms with van der Waals surface area (Å²) in [4.78, 5) is 7.10. The van der Waals surface area contributed by atoms with Crippen molar-refractivity contribution in [1.29, 1.82) is 0 Å². The number of fused-ring (bicyclic) bond motifs is 6. The fraction of sp³-hybridized carbons (Fsp3) is 0.0943. The van der Waals surface area contributed by atoms with Crippen molar-refractivity contribution in [2.75, 3.05) is 21.7 Å². The van der Waals surface area contributed by atoms with Crippen molar-refractivity contribution in [1.82, 2.24) is 0 Å². The third-order valence-corrected chi connectivity index (χ3v) is 13.5. The molecule has 0 aliphatic carbocycles. The first kappa shape index (κ1) is 36.0. The third kappa shape index (κ3) is 6.56. The zero-order valence-corrected chi connectivity index (χ0v) is 35.0. The van der Waals surface area contributed by atoms with E-state index in [9.17, 15) is 0 Å². The summed E-state index contributed by atoms with van der Waals surface area (Å²) in [5.41, 5.74) is 14.2. The molecule has 2 heterocycles. The average molecular weight is 786 g/mol. The van der Waals surface area contributed by atoms with Crippen LogP contribution in [-0.2, 0) is 0 Å². The molecule has 10 aromatic rings. The number of anilines is 8. The zero-order valence-electron chi connectivity index (χ0n) is 33.3. The van der Waals surface area contributed by atoms with Crippen molar-refractivity contribution in [3.63, 3.8) is 0 Å². The minimum Gasteiger partial charge on any atom is -0.345 e. The van der Waals surface area contributed by atoms with Crippen LogP contribution in [0.15, 0.2) is 170 Å². The predicted octanol–water partition coefficient (Wildman–Crippen LogP) is 16.4. The van der Waals surface area contributed by atoms with Gasteiger partial charge < -0.3 is 14.7 Å². The SMILES string of the molecule is Cc1cccc(N(C)c2ccc3sc4ccc(N(c5cccc(C)c5)c5ccc6sc7ccc(N(c8cccc(C)c8)c8cccc(C)c8)cc7c6c5)cc4c3c2)c1. The molecule has 0 radical (unpaired) electrons. The minimum absolute atomic E-state index is 1.14. The van der Waals surface area contributed by atoms with Crippen molar-refractivity contribution in [3.8, 4) is 0 Å². The lowest BCUT2D eigenvalue weighted by molar-refractivity contribution is 1.21. The molecule has 0 unspecified atom stereocenters. The molecule has 0 fully saturated rings. The van der Waals surface area contributed by atoms with E-state index >= 15 is 0 Å². The molecule has 5 heteroatoms. The maximum atomic E-state index is 2.43. The Kier molecular flexibility index (Phi) is 9.00. The lowest BCUT2D eigenvalue weighted by atomic mass is 10.1. The van der Waals surface area contributed by atoms with Gasteiger partial charge in [-0.3, -0.25) is 0 Å². The Balaban J connectivity index is 1.12. The second-order valence-electron chi connectivity index (χ2n) is 15.5. The van der Waals surface area contributed by atoms with E-state index in [0.29, 0.717) is 0 Å². The first-order valence-corrected chi connectivity index (χ1v) is 21.4. The average Bonchev–Trinajstić information content (AvgIpc) is 3.78. The van der Waals surface area contributed by atoms with E-state index in [1.165, 1.54) is 74.0 Å². The summed E-state index contributed by atoms with van der Waals surface area (Å²) in [5, 5.41) is 5.07. The fourth-order valence-corrected chi connectivity index (χ4v) is 10.4. The molecule has 3 nitrogen and oxygen atoms in total. The molecule has 0 spiro atoms. The molecule has 2 aromatic heterocycles. The monoisotopic (exact) mass is 785 g/mol. The topological polar surface area (TPSA) is 9.72 Å². The molecule has 282 valence electrons. The van der Waals surface area contributed by atoms with Gasteiger partial charge in [0.2, 0.25) is 0 Å². The Morgan fingerprint density at radius 3 is 0.897 bits per heavy atom. The standard InChI is InChI=1S/C53H43N3S2/c1-34-10-6-14-38(26-34)54(5)39-18-22-50-46(30-39)47-32-44(20-24-51(47)57-50)56(42-17-9-13-37(4)29-42)45-21-25-53-49(33-45)48-31-43(19-23-52(48)58-53)55(40-15-7-11-35(2)27-40)41-16-8-12-36(3)28-41/h6-33H,1-5H3. The lowest BCUT2D eigenvalue weighted by Crippen LogP contribution is -2.10. The van der Waals surface area contributed by atoms with Gasteiger partial charge in [-0.15, -0.1) is 22.7 Å². The minimum atomic E-state index is 1.14. The van der Waals surface area contributed by atoms with Crippen molar-refractivity contribution < 1.29 is 0 Å². The number of aryl methyl sites for hydroxylation is 4. The van der Waals surface area contributed by atoms with Crippen LogP contribution in [0.1, 0.15) is 22.3 Å². The highest BCUT2D eigenvalue weighted by Crippen LogP contribution is 2.46. The van der Waals surface area contributed by atoms with Gasteiger partial charge in [-0.05, 0) is 171 Å². The first-order valence-electron chi connectivity index (χ1n) is 19.8. The quantitative estimate of drug-likeness (QED) is 0.152. The lowest BCUT2D eigenvalue weighted by Gasteiger charge is -2.26. The number of nitrogens with zero attached hydrogens (tertiary/aromatic N) is 3. The van der Waals surface area contributed by atoms with Crippen molar-refractivity contribution in [3.05, 3.63) is 192 Å². The number of benzene rings is 8. The maximum Gasteiger partial charge on any atom is 0.0468 e. The molecule has 0 aliphatic rings. The second-order valence-corrected chi connectivity index (χ2v) is 17.7. The van der Waals surface area contributed by atoms with Gasteiger partial charge in [-0.1, -0.05) is 48.5 Å². The summed E-state index contributed by atoms with van der Waals surface area (Å²) in [6.07, 6.45) is 0. The fourth-order valence-electron chi connectivity index (χ4n) is 8.31. The highest BCUT2D eigenvalue weighted by Gasteiger charge is 2.19. The van der Waals surface area contributed by atoms with Crippen LogP contribution in [0.25, 0.3) is 40.3 Å². The van der Waals surface area contributed by atoms with Crippen LogP contribution in [0, 0.1) is 27.7 Å². The molecule has 0 amide bonds. The largest absolute Gasteiger partial charge is 0.345 e. The number of hydrogen-bond acceptors (Lipinski definition) is 5. The Morgan fingerprint density at radius 2 is 0.552 bits per heavy atom. The van der Waals surface area contributed by atoms with Crippen LogP contribution in [0.4, 0.5) is 45.5 Å². The molecule has 0 saturated heterocycles. The summed E-state index contributed by atoms with van der Waals surface area (Å²) in [7, 11) is 2.16. The number of hydrogen-bond donors (Lipinski definition) is 0. The molecule has 0 aliphatic heterocycles. The van der Waals surface area contributed by atoms with Gasteiger partial charge in [-0.25, -0.2) is 0 Å². The molecular formula is C53H43N3S2. The van der Waals surface area contributed by atoms with E-state index in [-0.39, 0.29) is 0 Å². The third-order valence-electron chi connectivity index (χ3n) is 11.2.